The molecule has 0 saturated carbocycles. The largest absolute Gasteiger partial charge is 0.355 e. The van der Waals surface area contributed by atoms with Gasteiger partial charge in [-0.1, -0.05) is 19.1 Å². The lowest BCUT2D eigenvalue weighted by Gasteiger charge is -2.35. The predicted molar refractivity (Wildman–Crippen MR) is 132 cm³/mol. The summed E-state index contributed by atoms with van der Waals surface area (Å²) in [5, 5.41) is 14.3. The Morgan fingerprint density at radius 1 is 1.15 bits per heavy atom. The van der Waals surface area contributed by atoms with Gasteiger partial charge < -0.3 is 9.80 Å². The van der Waals surface area contributed by atoms with E-state index in [0.29, 0.717) is 12.5 Å². The Morgan fingerprint density at radius 3 is 2.74 bits per heavy atom. The number of benzene rings is 1. The van der Waals surface area contributed by atoms with E-state index in [1.807, 2.05) is 60.6 Å². The van der Waals surface area contributed by atoms with Gasteiger partial charge in [-0.25, -0.2) is 9.50 Å². The fraction of sp³-hybridized carbons (Fsp3) is 0.481. The van der Waals surface area contributed by atoms with Crippen molar-refractivity contribution in [3.63, 3.8) is 0 Å². The number of hydrogen-bond donors (Lipinski definition) is 0. The molecule has 34 heavy (non-hydrogen) atoms. The van der Waals surface area contributed by atoms with E-state index in [2.05, 4.69) is 17.9 Å². The maximum Gasteiger partial charge on any atom is 0.254 e. The summed E-state index contributed by atoms with van der Waals surface area (Å²) in [6.07, 6.45) is 5.01. The van der Waals surface area contributed by atoms with Crippen LogP contribution in [0, 0.1) is 43.9 Å². The average Bonchev–Trinajstić information content (AvgIpc) is 3.42. The van der Waals surface area contributed by atoms with Gasteiger partial charge in [-0.2, -0.15) is 10.4 Å². The number of nitriles is 1. The van der Waals surface area contributed by atoms with Crippen LogP contribution in [0.5, 0.6) is 0 Å². The minimum atomic E-state index is -0.0543. The summed E-state index contributed by atoms with van der Waals surface area (Å²) in [7, 11) is 0. The van der Waals surface area contributed by atoms with Crippen molar-refractivity contribution in [1.82, 2.24) is 19.5 Å². The lowest BCUT2D eigenvalue weighted by Crippen LogP contribution is -2.39. The second kappa shape index (κ2) is 8.75. The van der Waals surface area contributed by atoms with Crippen LogP contribution in [-0.2, 0) is 0 Å². The van der Waals surface area contributed by atoms with Gasteiger partial charge in [0.1, 0.15) is 5.82 Å². The van der Waals surface area contributed by atoms with Gasteiger partial charge in [0.05, 0.1) is 23.7 Å². The second-order valence-corrected chi connectivity index (χ2v) is 9.99. The number of aryl methyl sites for hydroxylation is 2. The Bertz CT molecular complexity index is 1290. The average molecular weight is 457 g/mol. The number of carbonyl (C=O) groups excluding carboxylic acids is 1. The fourth-order valence-corrected chi connectivity index (χ4v) is 5.43. The van der Waals surface area contributed by atoms with Crippen LogP contribution >= 0.6 is 0 Å². The number of aromatic nitrogens is 3. The molecule has 7 heteroatoms. The minimum Gasteiger partial charge on any atom is -0.355 e. The lowest BCUT2D eigenvalue weighted by atomic mass is 9.96. The Balaban J connectivity index is 1.47. The quantitative estimate of drug-likeness (QED) is 0.575. The van der Waals surface area contributed by atoms with E-state index in [0.717, 1.165) is 71.8 Å². The Morgan fingerprint density at radius 2 is 1.97 bits per heavy atom. The molecule has 1 amide bonds. The zero-order valence-corrected chi connectivity index (χ0v) is 20.5. The number of amides is 1. The van der Waals surface area contributed by atoms with E-state index in [1.165, 1.54) is 0 Å². The summed E-state index contributed by atoms with van der Waals surface area (Å²) in [5.74, 6) is 1.37. The van der Waals surface area contributed by atoms with Gasteiger partial charge in [0.15, 0.2) is 5.65 Å². The number of carbonyl (C=O) groups is 1. The molecule has 0 unspecified atom stereocenters. The van der Waals surface area contributed by atoms with Crippen molar-refractivity contribution in [3.05, 3.63) is 58.4 Å². The van der Waals surface area contributed by atoms with Crippen LogP contribution in [0.25, 0.3) is 5.65 Å². The molecule has 3 aromatic rings. The smallest absolute Gasteiger partial charge is 0.254 e. The maximum atomic E-state index is 13.6. The number of likely N-dealkylation sites (tertiary alicyclic amines) is 1. The molecule has 2 aliphatic heterocycles. The Hall–Kier alpha value is -3.40. The van der Waals surface area contributed by atoms with Crippen molar-refractivity contribution in [1.29, 1.82) is 5.26 Å². The third kappa shape index (κ3) is 3.81. The maximum absolute atomic E-state index is 13.6. The molecule has 5 rings (SSSR count). The van der Waals surface area contributed by atoms with Gasteiger partial charge >= 0.3 is 0 Å². The first-order valence-corrected chi connectivity index (χ1v) is 12.3. The summed E-state index contributed by atoms with van der Waals surface area (Å²) in [4.78, 5) is 22.7. The highest BCUT2D eigenvalue weighted by molar-refractivity contribution is 5.96. The molecular formula is C27H32N6O. The van der Waals surface area contributed by atoms with Crippen molar-refractivity contribution in [2.24, 2.45) is 11.8 Å². The standard InChI is InChI=1S/C27H32N6O/c1-17-8-7-9-22(20(17)4)27(34)32-11-6-5-10-24(32)23-12-25-29-26(19(3)15-33(25)30-23)31-14-18(2)21(13-28)16-31/h7-9,12,15,18,21,24H,5-6,10-11,14,16H2,1-4H3/t18-,21+,24-/m0/s1. The number of piperidine rings is 1. The molecule has 3 atom stereocenters. The molecule has 0 aliphatic carbocycles. The van der Waals surface area contributed by atoms with Gasteiger partial charge in [-0.15, -0.1) is 0 Å². The van der Waals surface area contributed by atoms with Crippen LogP contribution in [0.4, 0.5) is 5.82 Å². The summed E-state index contributed by atoms with van der Waals surface area (Å²) >= 11 is 0. The van der Waals surface area contributed by atoms with Crippen LogP contribution in [0.3, 0.4) is 0 Å². The second-order valence-electron chi connectivity index (χ2n) is 9.99. The molecule has 2 aliphatic rings. The molecule has 1 aromatic carbocycles. The van der Waals surface area contributed by atoms with E-state index in [9.17, 15) is 10.1 Å². The molecule has 0 radical (unpaired) electrons. The van der Waals surface area contributed by atoms with Gasteiger partial charge in [0.25, 0.3) is 5.91 Å². The van der Waals surface area contributed by atoms with E-state index in [4.69, 9.17) is 10.1 Å². The molecule has 0 bridgehead atoms. The molecule has 7 nitrogen and oxygen atoms in total. The van der Waals surface area contributed by atoms with Gasteiger partial charge in [0.2, 0.25) is 0 Å². The molecule has 176 valence electrons. The number of fused-ring (bicyclic) bond motifs is 1. The van der Waals surface area contributed by atoms with Crippen LogP contribution in [0.2, 0.25) is 0 Å². The summed E-state index contributed by atoms with van der Waals surface area (Å²) in [6.45, 7) is 10.5. The number of anilines is 1. The number of nitrogens with zero attached hydrogens (tertiary/aromatic N) is 6. The van der Waals surface area contributed by atoms with Crippen LogP contribution in [0.1, 0.15) is 65.0 Å². The molecular weight excluding hydrogens is 424 g/mol. The molecule has 0 spiro atoms. The van der Waals surface area contributed by atoms with Gasteiger partial charge in [-0.05, 0) is 63.1 Å². The van der Waals surface area contributed by atoms with Gasteiger partial charge in [0, 0.05) is 43.0 Å². The Labute approximate surface area is 201 Å². The van der Waals surface area contributed by atoms with Crippen molar-refractivity contribution in [2.45, 2.75) is 53.0 Å². The highest BCUT2D eigenvalue weighted by Gasteiger charge is 2.33. The normalized spacial score (nSPS) is 22.9. The monoisotopic (exact) mass is 456 g/mol. The van der Waals surface area contributed by atoms with E-state index in [-0.39, 0.29) is 17.9 Å². The van der Waals surface area contributed by atoms with E-state index >= 15 is 0 Å². The SMILES string of the molecule is Cc1cn2nc([C@@H]3CCCCN3C(=O)c3cccc(C)c3C)cc2nc1N1C[C@@H](C#N)[C@@H](C)C1. The van der Waals surface area contributed by atoms with Crippen LogP contribution in [-0.4, -0.2) is 45.0 Å². The first-order valence-electron chi connectivity index (χ1n) is 12.3. The summed E-state index contributed by atoms with van der Waals surface area (Å²) in [6, 6.07) is 10.4. The molecule has 2 saturated heterocycles. The summed E-state index contributed by atoms with van der Waals surface area (Å²) in [5.41, 5.74) is 5.68. The van der Waals surface area contributed by atoms with Crippen molar-refractivity contribution < 1.29 is 4.79 Å². The topological polar surface area (TPSA) is 77.5 Å². The highest BCUT2D eigenvalue weighted by atomic mass is 16.2. The molecule has 4 heterocycles. The Kier molecular flexibility index (Phi) is 5.76. The molecule has 2 fully saturated rings. The third-order valence-corrected chi connectivity index (χ3v) is 7.64. The van der Waals surface area contributed by atoms with Crippen molar-refractivity contribution in [3.8, 4) is 6.07 Å². The van der Waals surface area contributed by atoms with Crippen molar-refractivity contribution in [2.75, 3.05) is 24.5 Å². The zero-order valence-electron chi connectivity index (χ0n) is 20.5. The predicted octanol–water partition coefficient (Wildman–Crippen LogP) is 4.62. The van der Waals surface area contributed by atoms with Crippen LogP contribution in [0.15, 0.2) is 30.5 Å². The van der Waals surface area contributed by atoms with Gasteiger partial charge in [-0.3, -0.25) is 4.79 Å². The molecule has 2 aromatic heterocycles. The lowest BCUT2D eigenvalue weighted by molar-refractivity contribution is 0.0605. The van der Waals surface area contributed by atoms with E-state index in [1.54, 1.807) is 0 Å². The fourth-order valence-electron chi connectivity index (χ4n) is 5.43. The van der Waals surface area contributed by atoms with E-state index < -0.39 is 0 Å². The highest BCUT2D eigenvalue weighted by Crippen LogP contribution is 2.34. The number of rotatable bonds is 3. The first kappa shape index (κ1) is 22.4. The molecule has 0 N–H and O–H groups in total. The number of hydrogen-bond acceptors (Lipinski definition) is 5. The zero-order chi connectivity index (χ0) is 24.0. The van der Waals surface area contributed by atoms with Crippen LogP contribution < -0.4 is 4.90 Å². The third-order valence-electron chi connectivity index (χ3n) is 7.64. The van der Waals surface area contributed by atoms with Crippen molar-refractivity contribution >= 4 is 17.4 Å². The minimum absolute atomic E-state index is 0.0322. The first-order chi connectivity index (χ1) is 16.4. The summed E-state index contributed by atoms with van der Waals surface area (Å²) < 4.78 is 1.84.